The highest BCUT2D eigenvalue weighted by molar-refractivity contribution is 6.92. The van der Waals surface area contributed by atoms with Crippen LogP contribution in [-0.2, 0) is 18.1 Å². The Hall–Kier alpha value is -0.313. The summed E-state index contributed by atoms with van der Waals surface area (Å²) in [5.41, 5.74) is 5.30. The van der Waals surface area contributed by atoms with E-state index in [-0.39, 0.29) is 5.41 Å². The predicted molar refractivity (Wildman–Crippen MR) is 58.3 cm³/mol. The SMILES string of the molecule is CO[Si](OC)(OC)C(=O)CCNCCN. The van der Waals surface area contributed by atoms with Gasteiger partial charge < -0.3 is 24.3 Å². The Kier molecular flexibility index (Phi) is 7.75. The van der Waals surface area contributed by atoms with Gasteiger partial charge in [-0.2, -0.15) is 0 Å². The lowest BCUT2D eigenvalue weighted by atomic mass is 10.4. The van der Waals surface area contributed by atoms with E-state index in [2.05, 4.69) is 5.32 Å². The quantitative estimate of drug-likeness (QED) is 0.391. The van der Waals surface area contributed by atoms with Crippen molar-refractivity contribution < 1.29 is 18.1 Å². The summed E-state index contributed by atoms with van der Waals surface area (Å²) in [5, 5.41) is 2.89. The van der Waals surface area contributed by atoms with Crippen LogP contribution in [0.15, 0.2) is 0 Å². The van der Waals surface area contributed by atoms with Crippen molar-refractivity contribution in [2.45, 2.75) is 6.42 Å². The average Bonchev–Trinajstić information content (AvgIpc) is 2.28. The lowest BCUT2D eigenvalue weighted by Crippen LogP contribution is -2.52. The van der Waals surface area contributed by atoms with Gasteiger partial charge in [0, 0.05) is 47.4 Å². The van der Waals surface area contributed by atoms with Crippen molar-refractivity contribution in [3.8, 4) is 0 Å². The van der Waals surface area contributed by atoms with Crippen molar-refractivity contribution in [2.75, 3.05) is 41.0 Å². The fourth-order valence-electron chi connectivity index (χ4n) is 1.17. The second-order valence-corrected chi connectivity index (χ2v) is 5.78. The maximum absolute atomic E-state index is 11.7. The van der Waals surface area contributed by atoms with Crippen LogP contribution in [0, 0.1) is 0 Å². The smallest absolute Gasteiger partial charge is 0.372 e. The molecule has 0 aliphatic carbocycles. The van der Waals surface area contributed by atoms with Gasteiger partial charge in [0.15, 0.2) is 0 Å². The van der Waals surface area contributed by atoms with Gasteiger partial charge in [-0.15, -0.1) is 0 Å². The third kappa shape index (κ3) is 4.37. The van der Waals surface area contributed by atoms with Crippen molar-refractivity contribution >= 4 is 14.2 Å². The molecule has 0 heterocycles. The zero-order valence-corrected chi connectivity index (χ0v) is 10.5. The first kappa shape index (κ1) is 14.7. The molecule has 3 N–H and O–H groups in total. The fraction of sp³-hybridized carbons (Fsp3) is 0.875. The molecular formula is C8H20N2O4Si. The standard InChI is InChI=1S/C8H20N2O4Si/c1-12-15(13-2,14-3)8(11)4-6-10-7-5-9/h10H,4-7,9H2,1-3H3. The van der Waals surface area contributed by atoms with Gasteiger partial charge in [0.25, 0.3) is 0 Å². The van der Waals surface area contributed by atoms with Crippen LogP contribution in [0.3, 0.4) is 0 Å². The zero-order chi connectivity index (χ0) is 11.7. The number of carbonyl (C=O) groups is 1. The number of nitrogens with one attached hydrogen (secondary N) is 1. The van der Waals surface area contributed by atoms with Crippen LogP contribution in [0.1, 0.15) is 6.42 Å². The molecule has 0 aliphatic heterocycles. The summed E-state index contributed by atoms with van der Waals surface area (Å²) in [6.07, 6.45) is 0.321. The molecule has 7 heteroatoms. The molecule has 0 aromatic heterocycles. The zero-order valence-electron chi connectivity index (χ0n) is 9.54. The molecule has 0 saturated heterocycles. The van der Waals surface area contributed by atoms with Crippen LogP contribution >= 0.6 is 0 Å². The average molecular weight is 236 g/mol. The fourth-order valence-corrected chi connectivity index (χ4v) is 2.79. The van der Waals surface area contributed by atoms with E-state index >= 15 is 0 Å². The van der Waals surface area contributed by atoms with Crippen LogP contribution in [-0.4, -0.2) is 55.2 Å². The third-order valence-electron chi connectivity index (χ3n) is 2.00. The molecule has 15 heavy (non-hydrogen) atoms. The highest BCUT2D eigenvalue weighted by Gasteiger charge is 2.46. The Labute approximate surface area is 91.4 Å². The minimum atomic E-state index is -3.09. The number of rotatable bonds is 9. The molecule has 0 aromatic carbocycles. The van der Waals surface area contributed by atoms with E-state index in [1.807, 2.05) is 0 Å². The largest absolute Gasteiger partial charge is 0.574 e. The summed E-state index contributed by atoms with van der Waals surface area (Å²) in [6, 6.07) is 0. The topological polar surface area (TPSA) is 82.8 Å². The Balaban J connectivity index is 4.04. The first-order chi connectivity index (χ1) is 7.16. The highest BCUT2D eigenvalue weighted by atomic mass is 28.4. The monoisotopic (exact) mass is 236 g/mol. The lowest BCUT2D eigenvalue weighted by Gasteiger charge is -2.22. The summed E-state index contributed by atoms with van der Waals surface area (Å²) in [4.78, 5) is 11.7. The molecule has 0 radical (unpaired) electrons. The molecule has 0 unspecified atom stereocenters. The van der Waals surface area contributed by atoms with E-state index < -0.39 is 8.80 Å². The van der Waals surface area contributed by atoms with Crippen LogP contribution in [0.5, 0.6) is 0 Å². The van der Waals surface area contributed by atoms with Crippen molar-refractivity contribution in [3.63, 3.8) is 0 Å². The van der Waals surface area contributed by atoms with E-state index in [1.54, 1.807) is 0 Å². The Bertz CT molecular complexity index is 179. The molecule has 6 nitrogen and oxygen atoms in total. The molecule has 0 aromatic rings. The number of hydrogen-bond donors (Lipinski definition) is 2. The van der Waals surface area contributed by atoms with Crippen LogP contribution in [0.2, 0.25) is 0 Å². The summed E-state index contributed by atoms with van der Waals surface area (Å²) >= 11 is 0. The van der Waals surface area contributed by atoms with E-state index in [4.69, 9.17) is 19.0 Å². The molecule has 0 fully saturated rings. The molecule has 0 rings (SSSR count). The normalized spacial score (nSPS) is 11.7. The highest BCUT2D eigenvalue weighted by Crippen LogP contribution is 2.09. The minimum Gasteiger partial charge on any atom is -0.372 e. The Morgan fingerprint density at radius 2 is 1.73 bits per heavy atom. The van der Waals surface area contributed by atoms with Gasteiger partial charge in [0.2, 0.25) is 5.41 Å². The maximum Gasteiger partial charge on any atom is 0.574 e. The van der Waals surface area contributed by atoms with Gasteiger partial charge in [-0.05, 0) is 0 Å². The van der Waals surface area contributed by atoms with Gasteiger partial charge in [-0.1, -0.05) is 0 Å². The van der Waals surface area contributed by atoms with Gasteiger partial charge in [0.05, 0.1) is 0 Å². The van der Waals surface area contributed by atoms with Gasteiger partial charge in [-0.25, -0.2) is 0 Å². The van der Waals surface area contributed by atoms with Crippen molar-refractivity contribution in [3.05, 3.63) is 0 Å². The summed E-state index contributed by atoms with van der Waals surface area (Å²) in [6.45, 7) is 1.80. The van der Waals surface area contributed by atoms with Gasteiger partial charge >= 0.3 is 8.80 Å². The first-order valence-corrected chi connectivity index (χ1v) is 6.48. The molecule has 0 aliphatic rings. The molecule has 90 valence electrons. The summed E-state index contributed by atoms with van der Waals surface area (Å²) < 4.78 is 15.1. The molecule has 0 atom stereocenters. The van der Waals surface area contributed by atoms with Crippen LogP contribution in [0.25, 0.3) is 0 Å². The molecule has 0 bridgehead atoms. The van der Waals surface area contributed by atoms with E-state index in [9.17, 15) is 4.79 Å². The molecule has 0 saturated carbocycles. The summed E-state index contributed by atoms with van der Waals surface area (Å²) in [7, 11) is 1.17. The maximum atomic E-state index is 11.7. The lowest BCUT2D eigenvalue weighted by molar-refractivity contribution is -0.118. The number of nitrogens with two attached hydrogens (primary N) is 1. The number of carbonyl (C=O) groups excluding carboxylic acids is 1. The minimum absolute atomic E-state index is 0.125. The van der Waals surface area contributed by atoms with E-state index in [0.717, 1.165) is 0 Å². The predicted octanol–water partition coefficient (Wildman–Crippen LogP) is -1.09. The van der Waals surface area contributed by atoms with Crippen molar-refractivity contribution in [2.24, 2.45) is 5.73 Å². The molecule has 0 amide bonds. The molecule has 0 spiro atoms. The second kappa shape index (κ2) is 7.91. The molecular weight excluding hydrogens is 216 g/mol. The second-order valence-electron chi connectivity index (χ2n) is 2.88. The third-order valence-corrected chi connectivity index (χ3v) is 4.54. The van der Waals surface area contributed by atoms with Crippen LogP contribution in [0.4, 0.5) is 0 Å². The Morgan fingerprint density at radius 3 is 2.13 bits per heavy atom. The van der Waals surface area contributed by atoms with E-state index in [0.29, 0.717) is 26.1 Å². The number of hydrogen-bond acceptors (Lipinski definition) is 6. The Morgan fingerprint density at radius 1 is 1.20 bits per heavy atom. The van der Waals surface area contributed by atoms with Crippen LogP contribution < -0.4 is 11.1 Å². The summed E-state index contributed by atoms with van der Waals surface area (Å²) in [5.74, 6) is 0. The van der Waals surface area contributed by atoms with Gasteiger partial charge in [-0.3, -0.25) is 4.79 Å². The first-order valence-electron chi connectivity index (χ1n) is 4.76. The van der Waals surface area contributed by atoms with Crippen molar-refractivity contribution in [1.29, 1.82) is 0 Å². The van der Waals surface area contributed by atoms with Crippen molar-refractivity contribution in [1.82, 2.24) is 5.32 Å². The van der Waals surface area contributed by atoms with Gasteiger partial charge in [0.1, 0.15) is 0 Å². The van der Waals surface area contributed by atoms with E-state index in [1.165, 1.54) is 21.3 Å².